The van der Waals surface area contributed by atoms with Crippen molar-refractivity contribution in [3.05, 3.63) is 105 Å². The maximum absolute atomic E-state index is 12.9. The van der Waals surface area contributed by atoms with Gasteiger partial charge in [0.15, 0.2) is 24.0 Å². The number of hydrogen-bond donors (Lipinski definition) is 0. The van der Waals surface area contributed by atoms with E-state index in [0.717, 1.165) is 0 Å². The van der Waals surface area contributed by atoms with Gasteiger partial charge in [0.2, 0.25) is 0 Å². The normalized spacial score (nSPS) is 12.2. The van der Waals surface area contributed by atoms with Gasteiger partial charge in [0, 0.05) is 22.3 Å². The second-order valence-corrected chi connectivity index (χ2v) is 6.80. The zero-order valence-electron chi connectivity index (χ0n) is 15.0. The maximum atomic E-state index is 12.9. The molecule has 29 heavy (non-hydrogen) atoms. The van der Waals surface area contributed by atoms with Crippen molar-refractivity contribution in [1.29, 1.82) is 0 Å². The molecule has 0 spiro atoms. The third-order valence-electron chi connectivity index (χ3n) is 4.68. The predicted molar refractivity (Wildman–Crippen MR) is 106 cm³/mol. The lowest BCUT2D eigenvalue weighted by Crippen LogP contribution is -2.23. The first kappa shape index (κ1) is 18.8. The molecule has 5 nitrogen and oxygen atoms in total. The number of hydrogen-bond acceptors (Lipinski definition) is 5. The zero-order valence-corrected chi connectivity index (χ0v) is 15.7. The summed E-state index contributed by atoms with van der Waals surface area (Å²) < 4.78 is 5.08. The number of ether oxygens (including phenoxy) is 1. The first-order valence-electron chi connectivity index (χ1n) is 8.75. The topological polar surface area (TPSA) is 77.5 Å². The van der Waals surface area contributed by atoms with E-state index in [2.05, 4.69) is 0 Å². The van der Waals surface area contributed by atoms with Gasteiger partial charge in [-0.2, -0.15) is 0 Å². The van der Waals surface area contributed by atoms with Crippen LogP contribution in [0.3, 0.4) is 0 Å². The molecule has 6 heteroatoms. The van der Waals surface area contributed by atoms with Gasteiger partial charge in [-0.15, -0.1) is 0 Å². The van der Waals surface area contributed by atoms with E-state index in [9.17, 15) is 19.2 Å². The second-order valence-electron chi connectivity index (χ2n) is 6.42. The Morgan fingerprint density at radius 1 is 0.759 bits per heavy atom. The Kier molecular flexibility index (Phi) is 4.82. The van der Waals surface area contributed by atoms with Gasteiger partial charge in [-0.1, -0.05) is 66.2 Å². The highest BCUT2D eigenvalue weighted by molar-refractivity contribution is 6.41. The Balaban J connectivity index is 1.62. The molecule has 0 atom stereocenters. The van der Waals surface area contributed by atoms with Crippen LogP contribution < -0.4 is 0 Å². The number of rotatable bonds is 4. The Hall–Kier alpha value is -3.57. The fourth-order valence-electron chi connectivity index (χ4n) is 3.22. The minimum absolute atomic E-state index is 0.0285. The first-order valence-corrected chi connectivity index (χ1v) is 9.13. The quantitative estimate of drug-likeness (QED) is 0.377. The minimum atomic E-state index is -0.846. The number of benzene rings is 3. The summed E-state index contributed by atoms with van der Waals surface area (Å²) in [6.45, 7) is -0.466. The molecule has 0 radical (unpaired) electrons. The van der Waals surface area contributed by atoms with Crippen molar-refractivity contribution in [2.75, 3.05) is 6.61 Å². The van der Waals surface area contributed by atoms with Crippen molar-refractivity contribution < 1.29 is 23.9 Å². The molecule has 3 aromatic carbocycles. The van der Waals surface area contributed by atoms with E-state index >= 15 is 0 Å². The zero-order chi connectivity index (χ0) is 20.5. The van der Waals surface area contributed by atoms with Crippen LogP contribution in [0.25, 0.3) is 0 Å². The van der Waals surface area contributed by atoms with Gasteiger partial charge in [-0.3, -0.25) is 14.4 Å². The van der Waals surface area contributed by atoms with Crippen LogP contribution in [0.4, 0.5) is 0 Å². The number of ketones is 3. The van der Waals surface area contributed by atoms with Gasteiger partial charge in [0.1, 0.15) is 0 Å². The SMILES string of the molecule is O=C(COC(=O)c1ccc2c(c1Cl)C(=O)c1ccccc1C2=O)c1ccccc1. The lowest BCUT2D eigenvalue weighted by Gasteiger charge is -2.19. The fourth-order valence-corrected chi connectivity index (χ4v) is 3.55. The summed E-state index contributed by atoms with van der Waals surface area (Å²) in [5.74, 6) is -1.99. The molecule has 0 bridgehead atoms. The van der Waals surface area contributed by atoms with Crippen LogP contribution in [-0.4, -0.2) is 29.9 Å². The van der Waals surface area contributed by atoms with E-state index in [0.29, 0.717) is 11.1 Å². The summed E-state index contributed by atoms with van der Waals surface area (Å²) in [7, 11) is 0. The minimum Gasteiger partial charge on any atom is -0.454 e. The Labute approximate surface area is 170 Å². The molecule has 0 saturated heterocycles. The molecule has 1 aliphatic carbocycles. The molecule has 0 unspecified atom stereocenters. The summed E-state index contributed by atoms with van der Waals surface area (Å²) >= 11 is 6.32. The third kappa shape index (κ3) is 3.26. The maximum Gasteiger partial charge on any atom is 0.340 e. The van der Waals surface area contributed by atoms with Crippen LogP contribution in [-0.2, 0) is 4.74 Å². The lowest BCUT2D eigenvalue weighted by atomic mass is 9.83. The smallest absolute Gasteiger partial charge is 0.340 e. The van der Waals surface area contributed by atoms with E-state index in [1.54, 1.807) is 54.6 Å². The summed E-state index contributed by atoms with van der Waals surface area (Å²) in [6.07, 6.45) is 0. The van der Waals surface area contributed by atoms with Gasteiger partial charge < -0.3 is 4.74 Å². The summed E-state index contributed by atoms with van der Waals surface area (Å²) in [4.78, 5) is 50.1. The van der Waals surface area contributed by atoms with E-state index in [1.165, 1.54) is 12.1 Å². The number of carbonyl (C=O) groups excluding carboxylic acids is 4. The van der Waals surface area contributed by atoms with E-state index in [1.807, 2.05) is 0 Å². The third-order valence-corrected chi connectivity index (χ3v) is 5.07. The lowest BCUT2D eigenvalue weighted by molar-refractivity contribution is 0.0475. The number of Topliss-reactive ketones (excluding diaryl/α,β-unsaturated/α-hetero) is 1. The van der Waals surface area contributed by atoms with Crippen molar-refractivity contribution in [3.63, 3.8) is 0 Å². The number of fused-ring (bicyclic) bond motifs is 2. The molecule has 0 fully saturated rings. The van der Waals surface area contributed by atoms with Crippen molar-refractivity contribution >= 4 is 34.9 Å². The molecular weight excluding hydrogens is 392 g/mol. The van der Waals surface area contributed by atoms with Crippen LogP contribution in [0.2, 0.25) is 5.02 Å². The van der Waals surface area contributed by atoms with Gasteiger partial charge in [0.25, 0.3) is 0 Å². The van der Waals surface area contributed by atoms with E-state index in [4.69, 9.17) is 16.3 Å². The van der Waals surface area contributed by atoms with Crippen molar-refractivity contribution in [2.24, 2.45) is 0 Å². The molecule has 3 aromatic rings. The molecule has 0 N–H and O–H groups in total. The predicted octanol–water partition coefficient (Wildman–Crippen LogP) is 4.16. The second kappa shape index (κ2) is 7.45. The molecule has 4 rings (SSSR count). The Morgan fingerprint density at radius 2 is 1.38 bits per heavy atom. The molecule has 0 aliphatic heterocycles. The van der Waals surface area contributed by atoms with E-state index < -0.39 is 18.4 Å². The molecule has 0 aromatic heterocycles. The number of carbonyl (C=O) groups is 4. The highest BCUT2D eigenvalue weighted by atomic mass is 35.5. The molecule has 1 aliphatic rings. The van der Waals surface area contributed by atoms with Crippen molar-refractivity contribution in [1.82, 2.24) is 0 Å². The van der Waals surface area contributed by atoms with Gasteiger partial charge in [-0.05, 0) is 12.1 Å². The molecule has 0 amide bonds. The van der Waals surface area contributed by atoms with Gasteiger partial charge in [0.05, 0.1) is 16.1 Å². The van der Waals surface area contributed by atoms with Gasteiger partial charge in [-0.25, -0.2) is 4.79 Å². The fraction of sp³-hybridized carbons (Fsp3) is 0.0435. The average Bonchev–Trinajstić information content (AvgIpc) is 2.76. The summed E-state index contributed by atoms with van der Waals surface area (Å²) in [5.41, 5.74) is 0.970. The largest absolute Gasteiger partial charge is 0.454 e. The Morgan fingerprint density at radius 3 is 2.07 bits per heavy atom. The monoisotopic (exact) mass is 404 g/mol. The van der Waals surface area contributed by atoms with Crippen molar-refractivity contribution in [2.45, 2.75) is 0 Å². The molecule has 142 valence electrons. The van der Waals surface area contributed by atoms with Crippen LogP contribution in [0.15, 0.2) is 66.7 Å². The van der Waals surface area contributed by atoms with E-state index in [-0.39, 0.29) is 38.8 Å². The summed E-state index contributed by atoms with van der Waals surface area (Å²) in [6, 6.07) is 17.6. The number of halogens is 1. The van der Waals surface area contributed by atoms with Crippen LogP contribution in [0.5, 0.6) is 0 Å². The average molecular weight is 405 g/mol. The Bertz CT molecular complexity index is 1180. The number of esters is 1. The highest BCUT2D eigenvalue weighted by Crippen LogP contribution is 2.34. The highest BCUT2D eigenvalue weighted by Gasteiger charge is 2.33. The molecular formula is C23H13ClO5. The van der Waals surface area contributed by atoms with Crippen LogP contribution in [0.1, 0.15) is 52.6 Å². The van der Waals surface area contributed by atoms with Crippen molar-refractivity contribution in [3.8, 4) is 0 Å². The molecule has 0 heterocycles. The van der Waals surface area contributed by atoms with Crippen LogP contribution >= 0.6 is 11.6 Å². The van der Waals surface area contributed by atoms with Crippen LogP contribution in [0, 0.1) is 0 Å². The molecule has 0 saturated carbocycles. The first-order chi connectivity index (χ1) is 14.0. The standard InChI is InChI=1S/C23H13ClO5/c24-20-17(23(28)29-12-18(25)13-6-2-1-3-7-13)11-10-16-19(20)22(27)15-9-5-4-8-14(15)21(16)26/h1-11H,12H2. The summed E-state index contributed by atoms with van der Waals surface area (Å²) in [5, 5.41) is -0.160. The van der Waals surface area contributed by atoms with Gasteiger partial charge >= 0.3 is 5.97 Å².